The first-order valence-electron chi connectivity index (χ1n) is 7.85. The van der Waals surface area contributed by atoms with Crippen LogP contribution in [-0.2, 0) is 6.42 Å². The van der Waals surface area contributed by atoms with Crippen LogP contribution in [0.15, 0.2) is 24.3 Å². The van der Waals surface area contributed by atoms with Crippen LogP contribution in [0.4, 0.5) is 0 Å². The van der Waals surface area contributed by atoms with Crippen LogP contribution in [0.5, 0.6) is 0 Å². The van der Waals surface area contributed by atoms with Crippen molar-refractivity contribution < 1.29 is 0 Å². The normalized spacial score (nSPS) is 18.6. The molecule has 1 unspecified atom stereocenters. The number of benzene rings is 1. The maximum atomic E-state index is 4.58. The first-order valence-corrected chi connectivity index (χ1v) is 8.66. The molecule has 0 aliphatic carbocycles. The van der Waals surface area contributed by atoms with Crippen molar-refractivity contribution in [2.45, 2.75) is 26.2 Å². The predicted molar refractivity (Wildman–Crippen MR) is 93.1 cm³/mol. The van der Waals surface area contributed by atoms with Gasteiger partial charge in [0.05, 0.1) is 15.2 Å². The molecule has 0 amide bonds. The summed E-state index contributed by atoms with van der Waals surface area (Å²) in [6, 6.07) is 8.31. The molecule has 1 N–H and O–H groups in total. The summed E-state index contributed by atoms with van der Waals surface area (Å²) in [5, 5.41) is 4.57. The molecule has 0 bridgehead atoms. The number of likely N-dealkylation sites (N-methyl/N-ethyl adjacent to an activating group) is 1. The molecule has 21 heavy (non-hydrogen) atoms. The Morgan fingerprint density at radius 1 is 1.33 bits per heavy atom. The zero-order chi connectivity index (χ0) is 15.1. The molecule has 1 atom stereocenters. The third-order valence-corrected chi connectivity index (χ3v) is 4.75. The van der Waals surface area contributed by atoms with E-state index in [4.69, 9.17) is 0 Å². The van der Waals surface area contributed by atoms with Gasteiger partial charge in [-0.05, 0) is 58.1 Å². The van der Waals surface area contributed by atoms with Gasteiger partial charge in [-0.25, -0.2) is 4.98 Å². The Labute approximate surface area is 132 Å². The molecular formula is C17H27N3S. The minimum absolute atomic E-state index is 0.925. The fourth-order valence-electron chi connectivity index (χ4n) is 2.37. The summed E-state index contributed by atoms with van der Waals surface area (Å²) in [7, 11) is 4.18. The standard InChI is InChI=1S/C11H14N2S.C6H13N/c1-13(2)8-7-11-12-9-5-3-4-6-10(9)14-11;1-6-3-2-4-7-5-6/h3-6H,7-8H2,1-2H3;6-7H,2-5H2,1H3. The van der Waals surface area contributed by atoms with Crippen molar-refractivity contribution in [2.75, 3.05) is 33.7 Å². The SMILES string of the molecule is CC1CCCNC1.CN(C)CCc1nc2ccccc2s1. The van der Waals surface area contributed by atoms with E-state index in [2.05, 4.69) is 54.4 Å². The summed E-state index contributed by atoms with van der Waals surface area (Å²) in [4.78, 5) is 6.76. The van der Waals surface area contributed by atoms with E-state index >= 15 is 0 Å². The summed E-state index contributed by atoms with van der Waals surface area (Å²) in [6.45, 7) is 5.84. The molecule has 1 aromatic heterocycles. The van der Waals surface area contributed by atoms with E-state index in [0.29, 0.717) is 0 Å². The molecule has 1 aliphatic rings. The molecule has 1 aliphatic heterocycles. The molecule has 1 saturated heterocycles. The van der Waals surface area contributed by atoms with Crippen LogP contribution in [0, 0.1) is 5.92 Å². The van der Waals surface area contributed by atoms with Crippen molar-refractivity contribution in [3.8, 4) is 0 Å². The number of rotatable bonds is 3. The Balaban J connectivity index is 0.000000194. The fourth-order valence-corrected chi connectivity index (χ4v) is 3.33. The van der Waals surface area contributed by atoms with Gasteiger partial charge in [0.1, 0.15) is 0 Å². The number of nitrogens with one attached hydrogen (secondary N) is 1. The van der Waals surface area contributed by atoms with Gasteiger partial charge in [0.2, 0.25) is 0 Å². The summed E-state index contributed by atoms with van der Waals surface area (Å²) < 4.78 is 1.29. The molecule has 0 saturated carbocycles. The lowest BCUT2D eigenvalue weighted by Gasteiger charge is -2.17. The average Bonchev–Trinajstić information content (AvgIpc) is 2.89. The van der Waals surface area contributed by atoms with Crippen molar-refractivity contribution in [3.05, 3.63) is 29.3 Å². The van der Waals surface area contributed by atoms with Crippen molar-refractivity contribution in [3.63, 3.8) is 0 Å². The number of piperidine rings is 1. The van der Waals surface area contributed by atoms with Crippen LogP contribution in [0.1, 0.15) is 24.8 Å². The van der Waals surface area contributed by atoms with Gasteiger partial charge in [0, 0.05) is 13.0 Å². The molecule has 0 radical (unpaired) electrons. The van der Waals surface area contributed by atoms with Gasteiger partial charge < -0.3 is 10.2 Å². The number of aromatic nitrogens is 1. The average molecular weight is 305 g/mol. The van der Waals surface area contributed by atoms with Crippen LogP contribution in [0.25, 0.3) is 10.2 Å². The van der Waals surface area contributed by atoms with Crippen molar-refractivity contribution in [1.82, 2.24) is 15.2 Å². The van der Waals surface area contributed by atoms with Crippen molar-refractivity contribution in [1.29, 1.82) is 0 Å². The predicted octanol–water partition coefficient (Wildman–Crippen LogP) is 3.41. The van der Waals surface area contributed by atoms with E-state index in [-0.39, 0.29) is 0 Å². The maximum Gasteiger partial charge on any atom is 0.0951 e. The van der Waals surface area contributed by atoms with Crippen molar-refractivity contribution >= 4 is 21.6 Å². The monoisotopic (exact) mass is 305 g/mol. The zero-order valence-corrected chi connectivity index (χ0v) is 14.2. The van der Waals surface area contributed by atoms with E-state index in [9.17, 15) is 0 Å². The molecule has 2 heterocycles. The Bertz CT molecular complexity index is 497. The van der Waals surface area contributed by atoms with E-state index in [1.165, 1.54) is 35.6 Å². The minimum Gasteiger partial charge on any atom is -0.316 e. The van der Waals surface area contributed by atoms with Crippen LogP contribution in [0.3, 0.4) is 0 Å². The highest BCUT2D eigenvalue weighted by Gasteiger charge is 2.05. The number of fused-ring (bicyclic) bond motifs is 1. The Morgan fingerprint density at radius 2 is 2.14 bits per heavy atom. The number of thiazole rings is 1. The lowest BCUT2D eigenvalue weighted by Crippen LogP contribution is -2.27. The Hall–Kier alpha value is -0.970. The third-order valence-electron chi connectivity index (χ3n) is 3.65. The Morgan fingerprint density at radius 3 is 2.71 bits per heavy atom. The summed E-state index contributed by atoms with van der Waals surface area (Å²) in [6.07, 6.45) is 3.85. The van der Waals surface area contributed by atoms with Gasteiger partial charge in [-0.1, -0.05) is 19.1 Å². The summed E-state index contributed by atoms with van der Waals surface area (Å²) >= 11 is 1.80. The molecule has 3 rings (SSSR count). The highest BCUT2D eigenvalue weighted by atomic mass is 32.1. The summed E-state index contributed by atoms with van der Waals surface area (Å²) in [5.41, 5.74) is 1.13. The lowest BCUT2D eigenvalue weighted by atomic mass is 10.0. The highest BCUT2D eigenvalue weighted by Crippen LogP contribution is 2.21. The fraction of sp³-hybridized carbons (Fsp3) is 0.588. The van der Waals surface area contributed by atoms with Crippen molar-refractivity contribution in [2.24, 2.45) is 5.92 Å². The summed E-state index contributed by atoms with van der Waals surface area (Å²) in [5.74, 6) is 0.925. The highest BCUT2D eigenvalue weighted by molar-refractivity contribution is 7.18. The van der Waals surface area contributed by atoms with Gasteiger partial charge in [-0.3, -0.25) is 0 Å². The molecule has 3 nitrogen and oxygen atoms in total. The molecule has 4 heteroatoms. The lowest BCUT2D eigenvalue weighted by molar-refractivity contribution is 0.405. The van der Waals surface area contributed by atoms with Gasteiger partial charge in [-0.2, -0.15) is 0 Å². The van der Waals surface area contributed by atoms with Crippen LogP contribution in [0.2, 0.25) is 0 Å². The molecule has 1 aromatic carbocycles. The van der Waals surface area contributed by atoms with Gasteiger partial charge >= 0.3 is 0 Å². The van der Waals surface area contributed by atoms with Crippen LogP contribution in [-0.4, -0.2) is 43.6 Å². The quantitative estimate of drug-likeness (QED) is 0.942. The van der Waals surface area contributed by atoms with E-state index < -0.39 is 0 Å². The zero-order valence-electron chi connectivity index (χ0n) is 13.4. The van der Waals surface area contributed by atoms with Gasteiger partial charge in [0.25, 0.3) is 0 Å². The van der Waals surface area contributed by atoms with E-state index in [1.807, 2.05) is 6.07 Å². The van der Waals surface area contributed by atoms with Gasteiger partial charge in [0.15, 0.2) is 0 Å². The Kier molecular flexibility index (Phi) is 6.61. The smallest absolute Gasteiger partial charge is 0.0951 e. The molecule has 0 spiro atoms. The molecular weight excluding hydrogens is 278 g/mol. The number of para-hydroxylation sites is 1. The topological polar surface area (TPSA) is 28.2 Å². The number of hydrogen-bond acceptors (Lipinski definition) is 4. The number of hydrogen-bond donors (Lipinski definition) is 1. The second kappa shape index (κ2) is 8.47. The van der Waals surface area contributed by atoms with E-state index in [1.54, 1.807) is 11.3 Å². The third kappa shape index (κ3) is 5.73. The van der Waals surface area contributed by atoms with E-state index in [0.717, 1.165) is 24.4 Å². The first-order chi connectivity index (χ1) is 10.1. The number of nitrogens with zero attached hydrogens (tertiary/aromatic N) is 2. The second-order valence-electron chi connectivity index (χ2n) is 6.08. The molecule has 116 valence electrons. The largest absolute Gasteiger partial charge is 0.316 e. The minimum atomic E-state index is 0.925. The molecule has 2 aromatic rings. The first kappa shape index (κ1) is 16.4. The van der Waals surface area contributed by atoms with Crippen LogP contribution < -0.4 is 5.32 Å². The molecule has 1 fully saturated rings. The van der Waals surface area contributed by atoms with Gasteiger partial charge in [-0.15, -0.1) is 11.3 Å². The second-order valence-corrected chi connectivity index (χ2v) is 7.20. The van der Waals surface area contributed by atoms with Crippen LogP contribution >= 0.6 is 11.3 Å². The maximum absolute atomic E-state index is 4.58.